The fraction of sp³-hybridized carbons (Fsp3) is 0.455. The van der Waals surface area contributed by atoms with Crippen molar-refractivity contribution in [3.05, 3.63) is 53.7 Å². The number of amides is 1. The molecule has 1 aromatic carbocycles. The molecule has 0 saturated carbocycles. The predicted octanol–water partition coefficient (Wildman–Crippen LogP) is 4.87. The molecule has 138 valence electrons. The fourth-order valence-electron chi connectivity index (χ4n) is 3.23. The molecule has 1 aromatic heterocycles. The number of anilines is 2. The molecule has 0 atom stereocenters. The van der Waals surface area contributed by atoms with Gasteiger partial charge in [-0.15, -0.1) is 0 Å². The van der Waals surface area contributed by atoms with Crippen molar-refractivity contribution in [1.29, 1.82) is 0 Å². The highest BCUT2D eigenvalue weighted by Gasteiger charge is 2.18. The van der Waals surface area contributed by atoms with Gasteiger partial charge in [-0.3, -0.25) is 4.79 Å². The van der Waals surface area contributed by atoms with E-state index in [2.05, 4.69) is 55.0 Å². The average molecular weight is 351 g/mol. The Labute approximate surface area is 156 Å². The van der Waals surface area contributed by atoms with E-state index in [-0.39, 0.29) is 11.3 Å². The van der Waals surface area contributed by atoms with Crippen molar-refractivity contribution in [2.75, 3.05) is 23.3 Å². The molecule has 3 rings (SSSR count). The summed E-state index contributed by atoms with van der Waals surface area (Å²) in [5.41, 5.74) is 2.82. The van der Waals surface area contributed by atoms with Gasteiger partial charge in [0, 0.05) is 30.5 Å². The molecular weight excluding hydrogens is 322 g/mol. The van der Waals surface area contributed by atoms with E-state index >= 15 is 0 Å². The van der Waals surface area contributed by atoms with Crippen molar-refractivity contribution in [2.45, 2.75) is 46.0 Å². The van der Waals surface area contributed by atoms with Crippen molar-refractivity contribution in [2.24, 2.45) is 5.92 Å². The molecular formula is C22H29N3O. The number of carbonyl (C=O) groups is 1. The smallest absolute Gasteiger partial charge is 0.255 e. The highest BCUT2D eigenvalue weighted by atomic mass is 16.1. The summed E-state index contributed by atoms with van der Waals surface area (Å²) in [6.45, 7) is 10.8. The molecule has 2 heterocycles. The van der Waals surface area contributed by atoms with Gasteiger partial charge in [-0.1, -0.05) is 39.8 Å². The molecule has 1 amide bonds. The van der Waals surface area contributed by atoms with Crippen molar-refractivity contribution in [3.63, 3.8) is 0 Å². The van der Waals surface area contributed by atoms with Crippen LogP contribution >= 0.6 is 0 Å². The van der Waals surface area contributed by atoms with E-state index in [1.54, 1.807) is 12.3 Å². The Morgan fingerprint density at radius 1 is 1.12 bits per heavy atom. The van der Waals surface area contributed by atoms with Gasteiger partial charge in [0.25, 0.3) is 5.91 Å². The largest absolute Gasteiger partial charge is 0.357 e. The summed E-state index contributed by atoms with van der Waals surface area (Å²) in [4.78, 5) is 19.4. The van der Waals surface area contributed by atoms with Crippen LogP contribution in [-0.2, 0) is 5.41 Å². The second kappa shape index (κ2) is 7.48. The Balaban J connectivity index is 1.69. The first kappa shape index (κ1) is 18.4. The molecule has 2 aromatic rings. The van der Waals surface area contributed by atoms with Gasteiger partial charge in [0.05, 0.1) is 0 Å². The van der Waals surface area contributed by atoms with Gasteiger partial charge in [0.1, 0.15) is 5.82 Å². The molecule has 1 fully saturated rings. The topological polar surface area (TPSA) is 45.2 Å². The average Bonchev–Trinajstić information content (AvgIpc) is 2.62. The monoisotopic (exact) mass is 351 g/mol. The third kappa shape index (κ3) is 4.43. The van der Waals surface area contributed by atoms with E-state index in [4.69, 9.17) is 0 Å². The first-order chi connectivity index (χ1) is 12.3. The number of nitrogens with zero attached hydrogens (tertiary/aromatic N) is 2. The first-order valence-corrected chi connectivity index (χ1v) is 9.46. The van der Waals surface area contributed by atoms with Crippen LogP contribution in [-0.4, -0.2) is 24.0 Å². The molecule has 0 aliphatic carbocycles. The lowest BCUT2D eigenvalue weighted by molar-refractivity contribution is 0.102. The molecule has 0 unspecified atom stereocenters. The van der Waals surface area contributed by atoms with Crippen molar-refractivity contribution in [3.8, 4) is 0 Å². The lowest BCUT2D eigenvalue weighted by Gasteiger charge is -2.31. The molecule has 0 bridgehead atoms. The maximum atomic E-state index is 12.6. The van der Waals surface area contributed by atoms with Crippen LogP contribution in [0.4, 0.5) is 11.5 Å². The number of aromatic nitrogens is 1. The number of piperidine rings is 1. The fourth-order valence-corrected chi connectivity index (χ4v) is 3.23. The van der Waals surface area contributed by atoms with Crippen LogP contribution in [0.3, 0.4) is 0 Å². The SMILES string of the molecule is CC1CCN(c2cc(C(=O)Nc3ccc(C(C)(C)C)cc3)ccn2)CC1. The maximum absolute atomic E-state index is 12.6. The zero-order chi connectivity index (χ0) is 18.7. The zero-order valence-corrected chi connectivity index (χ0v) is 16.2. The molecule has 0 radical (unpaired) electrons. The summed E-state index contributed by atoms with van der Waals surface area (Å²) in [6, 6.07) is 11.7. The number of hydrogen-bond acceptors (Lipinski definition) is 3. The van der Waals surface area contributed by atoms with Gasteiger partial charge in [-0.05, 0) is 54.0 Å². The number of nitrogens with one attached hydrogen (secondary N) is 1. The van der Waals surface area contributed by atoms with E-state index in [0.29, 0.717) is 5.56 Å². The number of pyridine rings is 1. The molecule has 1 aliphatic heterocycles. The van der Waals surface area contributed by atoms with Crippen LogP contribution < -0.4 is 10.2 Å². The second-order valence-electron chi connectivity index (χ2n) is 8.35. The van der Waals surface area contributed by atoms with E-state index in [9.17, 15) is 4.79 Å². The lowest BCUT2D eigenvalue weighted by Crippen LogP contribution is -2.33. The van der Waals surface area contributed by atoms with Crippen molar-refractivity contribution >= 4 is 17.4 Å². The Morgan fingerprint density at radius 2 is 1.77 bits per heavy atom. The minimum atomic E-state index is -0.0949. The van der Waals surface area contributed by atoms with E-state index < -0.39 is 0 Å². The van der Waals surface area contributed by atoms with Crippen LogP contribution in [0, 0.1) is 5.92 Å². The summed E-state index contributed by atoms with van der Waals surface area (Å²) < 4.78 is 0. The maximum Gasteiger partial charge on any atom is 0.255 e. The standard InChI is InChI=1S/C22H29N3O/c1-16-10-13-25(14-11-16)20-15-17(9-12-23-20)21(26)24-19-7-5-18(6-8-19)22(2,3)4/h5-9,12,15-16H,10-11,13-14H2,1-4H3,(H,24,26). The van der Waals surface area contributed by atoms with Crippen molar-refractivity contribution in [1.82, 2.24) is 4.98 Å². The number of carbonyl (C=O) groups excluding carboxylic acids is 1. The highest BCUT2D eigenvalue weighted by molar-refractivity contribution is 6.04. The lowest BCUT2D eigenvalue weighted by atomic mass is 9.87. The zero-order valence-electron chi connectivity index (χ0n) is 16.2. The molecule has 26 heavy (non-hydrogen) atoms. The Kier molecular flexibility index (Phi) is 5.30. The Morgan fingerprint density at radius 3 is 2.38 bits per heavy atom. The van der Waals surface area contributed by atoms with Crippen LogP contribution in [0.25, 0.3) is 0 Å². The molecule has 1 saturated heterocycles. The molecule has 4 heteroatoms. The molecule has 4 nitrogen and oxygen atoms in total. The van der Waals surface area contributed by atoms with Gasteiger partial charge >= 0.3 is 0 Å². The number of hydrogen-bond donors (Lipinski definition) is 1. The summed E-state index contributed by atoms with van der Waals surface area (Å²) >= 11 is 0. The molecule has 0 spiro atoms. The third-order valence-electron chi connectivity index (χ3n) is 5.12. The minimum Gasteiger partial charge on any atom is -0.357 e. The first-order valence-electron chi connectivity index (χ1n) is 9.46. The molecule has 1 N–H and O–H groups in total. The summed E-state index contributed by atoms with van der Waals surface area (Å²) in [5, 5.41) is 2.99. The minimum absolute atomic E-state index is 0.0949. The van der Waals surface area contributed by atoms with E-state index in [1.807, 2.05) is 18.2 Å². The third-order valence-corrected chi connectivity index (χ3v) is 5.12. The Bertz CT molecular complexity index is 754. The number of benzene rings is 1. The second-order valence-corrected chi connectivity index (χ2v) is 8.35. The quantitative estimate of drug-likeness (QED) is 0.858. The predicted molar refractivity (Wildman–Crippen MR) is 108 cm³/mol. The number of rotatable bonds is 3. The van der Waals surface area contributed by atoms with Gasteiger partial charge in [-0.2, -0.15) is 0 Å². The van der Waals surface area contributed by atoms with Gasteiger partial charge in [0.15, 0.2) is 0 Å². The summed E-state index contributed by atoms with van der Waals surface area (Å²) in [5.74, 6) is 1.57. The van der Waals surface area contributed by atoms with Crippen LogP contribution in [0.5, 0.6) is 0 Å². The van der Waals surface area contributed by atoms with Crippen LogP contribution in [0.1, 0.15) is 56.5 Å². The van der Waals surface area contributed by atoms with E-state index in [0.717, 1.165) is 30.5 Å². The van der Waals surface area contributed by atoms with E-state index in [1.165, 1.54) is 18.4 Å². The van der Waals surface area contributed by atoms with Crippen LogP contribution in [0.15, 0.2) is 42.6 Å². The van der Waals surface area contributed by atoms with Gasteiger partial charge in [-0.25, -0.2) is 4.98 Å². The van der Waals surface area contributed by atoms with Gasteiger partial charge in [0.2, 0.25) is 0 Å². The molecule has 1 aliphatic rings. The Hall–Kier alpha value is -2.36. The highest BCUT2D eigenvalue weighted by Crippen LogP contribution is 2.24. The van der Waals surface area contributed by atoms with Crippen molar-refractivity contribution < 1.29 is 4.79 Å². The normalized spacial score (nSPS) is 15.8. The summed E-state index contributed by atoms with van der Waals surface area (Å²) in [7, 11) is 0. The van der Waals surface area contributed by atoms with Crippen LogP contribution in [0.2, 0.25) is 0 Å². The van der Waals surface area contributed by atoms with Gasteiger partial charge < -0.3 is 10.2 Å². The summed E-state index contributed by atoms with van der Waals surface area (Å²) in [6.07, 6.45) is 4.08.